The zero-order chi connectivity index (χ0) is 21.6. The summed E-state index contributed by atoms with van der Waals surface area (Å²) >= 11 is 0. The number of aryl methyl sites for hydroxylation is 1. The van der Waals surface area contributed by atoms with Gasteiger partial charge in [0.2, 0.25) is 0 Å². The van der Waals surface area contributed by atoms with E-state index < -0.39 is 29.2 Å². The van der Waals surface area contributed by atoms with Gasteiger partial charge in [0, 0.05) is 17.7 Å². The molecule has 0 aliphatic carbocycles. The Morgan fingerprint density at radius 2 is 1.93 bits per heavy atom. The molecule has 0 bridgehead atoms. The van der Waals surface area contributed by atoms with Crippen LogP contribution in [0.15, 0.2) is 35.4 Å². The van der Waals surface area contributed by atoms with Crippen molar-refractivity contribution in [1.82, 2.24) is 14.8 Å². The molecule has 9 nitrogen and oxygen atoms in total. The third kappa shape index (κ3) is 3.70. The maximum absolute atomic E-state index is 13.3. The van der Waals surface area contributed by atoms with Crippen LogP contribution >= 0.6 is 0 Å². The van der Waals surface area contributed by atoms with Gasteiger partial charge in [-0.1, -0.05) is 12.1 Å². The Bertz CT molecular complexity index is 999. The predicted octanol–water partition coefficient (Wildman–Crippen LogP) is 2.62. The fourth-order valence-corrected chi connectivity index (χ4v) is 2.94. The zero-order valence-electron chi connectivity index (χ0n) is 15.3. The first kappa shape index (κ1) is 20.5. The molecule has 2 aromatic rings. The minimum Gasteiger partial charge on any atom is -0.362 e. The number of benzene rings is 1. The van der Waals surface area contributed by atoms with E-state index in [9.17, 15) is 33.2 Å². The van der Waals surface area contributed by atoms with E-state index in [0.717, 1.165) is 0 Å². The first-order valence-electron chi connectivity index (χ1n) is 8.38. The average Bonchev–Trinajstić information content (AvgIpc) is 3.15. The summed E-state index contributed by atoms with van der Waals surface area (Å²) < 4.78 is 41.2. The second-order valence-electron chi connectivity index (χ2n) is 6.70. The number of hydrazone groups is 1. The SMILES string of the molecule is CC1=NN(C(=O)c2ccc(Cn3nc([N+](=O)[O-])cc3C)cc2)C(O)(C(F)(F)F)C1. The van der Waals surface area contributed by atoms with Gasteiger partial charge in [0.1, 0.15) is 0 Å². The maximum Gasteiger partial charge on any atom is 0.438 e. The summed E-state index contributed by atoms with van der Waals surface area (Å²) in [4.78, 5) is 22.7. The van der Waals surface area contributed by atoms with Gasteiger partial charge in [0.25, 0.3) is 11.6 Å². The molecule has 1 aromatic heterocycles. The highest BCUT2D eigenvalue weighted by atomic mass is 19.4. The standard InChI is InChI=1S/C17H16F3N5O4/c1-10-8-16(27,17(18,19)20)24(21-10)15(26)13-5-3-12(4-6-13)9-23-11(2)7-14(22-23)25(28)29/h3-7,27H,8-9H2,1-2H3. The van der Waals surface area contributed by atoms with Crippen molar-refractivity contribution in [3.63, 3.8) is 0 Å². The minimum atomic E-state index is -5.07. The van der Waals surface area contributed by atoms with E-state index in [1.165, 1.54) is 41.9 Å². The van der Waals surface area contributed by atoms with Gasteiger partial charge in [-0.15, -0.1) is 0 Å². The van der Waals surface area contributed by atoms with Crippen LogP contribution in [0.3, 0.4) is 0 Å². The second-order valence-corrected chi connectivity index (χ2v) is 6.70. The van der Waals surface area contributed by atoms with Gasteiger partial charge in [-0.05, 0) is 36.5 Å². The van der Waals surface area contributed by atoms with Crippen molar-refractivity contribution in [3.05, 3.63) is 57.3 Å². The lowest BCUT2D eigenvalue weighted by Crippen LogP contribution is -2.56. The van der Waals surface area contributed by atoms with Gasteiger partial charge in [-0.3, -0.25) is 4.79 Å². The lowest BCUT2D eigenvalue weighted by atomic mass is 10.1. The number of halogens is 3. The number of carbonyl (C=O) groups is 1. The number of rotatable bonds is 4. The Labute approximate surface area is 162 Å². The van der Waals surface area contributed by atoms with Gasteiger partial charge in [-0.25, -0.2) is 0 Å². The average molecular weight is 411 g/mol. The molecule has 0 saturated carbocycles. The highest BCUT2D eigenvalue weighted by Crippen LogP contribution is 2.40. The third-order valence-electron chi connectivity index (χ3n) is 4.46. The molecular formula is C17H16F3N5O4. The Morgan fingerprint density at radius 3 is 2.45 bits per heavy atom. The van der Waals surface area contributed by atoms with Crippen molar-refractivity contribution >= 4 is 17.4 Å². The molecule has 12 heteroatoms. The first-order chi connectivity index (χ1) is 13.4. The van der Waals surface area contributed by atoms with E-state index in [2.05, 4.69) is 10.2 Å². The molecule has 1 aromatic carbocycles. The molecule has 1 unspecified atom stereocenters. The number of aliphatic hydroxyl groups is 1. The summed E-state index contributed by atoms with van der Waals surface area (Å²) in [6, 6.07) is 6.87. The van der Waals surface area contributed by atoms with E-state index in [0.29, 0.717) is 11.3 Å². The molecule has 2 heterocycles. The first-order valence-corrected chi connectivity index (χ1v) is 8.38. The third-order valence-corrected chi connectivity index (χ3v) is 4.46. The summed E-state index contributed by atoms with van der Waals surface area (Å²) in [6.07, 6.45) is -5.89. The van der Waals surface area contributed by atoms with Crippen LogP contribution in [0.4, 0.5) is 19.0 Å². The number of alkyl halides is 3. The smallest absolute Gasteiger partial charge is 0.362 e. The van der Waals surface area contributed by atoms with Crippen molar-refractivity contribution < 1.29 is 28.0 Å². The van der Waals surface area contributed by atoms with Crippen LogP contribution in [0.25, 0.3) is 0 Å². The van der Waals surface area contributed by atoms with Gasteiger partial charge >= 0.3 is 12.0 Å². The highest BCUT2D eigenvalue weighted by Gasteiger charge is 2.62. The quantitative estimate of drug-likeness (QED) is 0.614. The number of nitrogens with zero attached hydrogens (tertiary/aromatic N) is 5. The Balaban J connectivity index is 1.81. The molecule has 154 valence electrons. The normalized spacial score (nSPS) is 19.4. The van der Waals surface area contributed by atoms with E-state index in [-0.39, 0.29) is 28.6 Å². The molecule has 1 amide bonds. The molecule has 3 rings (SSSR count). The molecule has 0 fully saturated rings. The number of aromatic nitrogens is 2. The zero-order valence-corrected chi connectivity index (χ0v) is 15.3. The largest absolute Gasteiger partial charge is 0.438 e. The maximum atomic E-state index is 13.3. The van der Waals surface area contributed by atoms with Crippen LogP contribution in [0.1, 0.15) is 35.0 Å². The lowest BCUT2D eigenvalue weighted by molar-refractivity contribution is -0.389. The fourth-order valence-electron chi connectivity index (χ4n) is 2.94. The van der Waals surface area contributed by atoms with Crippen LogP contribution in [0, 0.1) is 17.0 Å². The highest BCUT2D eigenvalue weighted by molar-refractivity contribution is 5.97. The van der Waals surface area contributed by atoms with E-state index in [4.69, 9.17) is 0 Å². The van der Waals surface area contributed by atoms with Crippen molar-refractivity contribution in [2.45, 2.75) is 38.7 Å². The van der Waals surface area contributed by atoms with Crippen LogP contribution < -0.4 is 0 Å². The van der Waals surface area contributed by atoms with Crippen molar-refractivity contribution in [1.29, 1.82) is 0 Å². The molecule has 29 heavy (non-hydrogen) atoms. The molecular weight excluding hydrogens is 395 g/mol. The number of carbonyl (C=O) groups excluding carboxylic acids is 1. The molecule has 0 spiro atoms. The van der Waals surface area contributed by atoms with Gasteiger partial charge in [-0.2, -0.15) is 28.0 Å². The van der Waals surface area contributed by atoms with Gasteiger partial charge in [0.05, 0.1) is 23.4 Å². The van der Waals surface area contributed by atoms with Gasteiger partial charge < -0.3 is 15.2 Å². The topological polar surface area (TPSA) is 114 Å². The minimum absolute atomic E-state index is 0.0226. The second kappa shape index (κ2) is 6.95. The number of hydrogen-bond donors (Lipinski definition) is 1. The van der Waals surface area contributed by atoms with Gasteiger partial charge in [0.15, 0.2) is 0 Å². The summed E-state index contributed by atoms with van der Waals surface area (Å²) in [6.45, 7) is 3.10. The summed E-state index contributed by atoms with van der Waals surface area (Å²) in [5.41, 5.74) is -2.34. The fraction of sp³-hybridized carbons (Fsp3) is 0.353. The Morgan fingerprint density at radius 1 is 1.31 bits per heavy atom. The number of hydrogen-bond acceptors (Lipinski definition) is 6. The Hall–Kier alpha value is -3.28. The molecule has 1 aliphatic heterocycles. The summed E-state index contributed by atoms with van der Waals surface area (Å²) in [5.74, 6) is -1.40. The van der Waals surface area contributed by atoms with Crippen LogP contribution in [-0.4, -0.2) is 48.3 Å². The van der Waals surface area contributed by atoms with E-state index in [1.54, 1.807) is 6.92 Å². The molecule has 0 radical (unpaired) electrons. The van der Waals surface area contributed by atoms with E-state index in [1.807, 2.05) is 0 Å². The predicted molar refractivity (Wildman–Crippen MR) is 94.1 cm³/mol. The van der Waals surface area contributed by atoms with Crippen molar-refractivity contribution in [3.8, 4) is 0 Å². The number of amides is 1. The number of nitro groups is 1. The lowest BCUT2D eigenvalue weighted by Gasteiger charge is -2.32. The van der Waals surface area contributed by atoms with Crippen LogP contribution in [0.2, 0.25) is 0 Å². The van der Waals surface area contributed by atoms with Crippen LogP contribution in [-0.2, 0) is 6.54 Å². The molecule has 1 aliphatic rings. The van der Waals surface area contributed by atoms with Crippen molar-refractivity contribution in [2.75, 3.05) is 0 Å². The summed E-state index contributed by atoms with van der Waals surface area (Å²) in [7, 11) is 0. The summed E-state index contributed by atoms with van der Waals surface area (Å²) in [5, 5.41) is 28.3. The van der Waals surface area contributed by atoms with E-state index >= 15 is 0 Å². The molecule has 0 saturated heterocycles. The van der Waals surface area contributed by atoms with Crippen LogP contribution in [0.5, 0.6) is 0 Å². The van der Waals surface area contributed by atoms with Crippen molar-refractivity contribution in [2.24, 2.45) is 5.10 Å². The monoisotopic (exact) mass is 411 g/mol. The molecule has 1 N–H and O–H groups in total. The Kier molecular flexibility index (Phi) is 4.91. The molecule has 1 atom stereocenters.